The van der Waals surface area contributed by atoms with Gasteiger partial charge in [0.25, 0.3) is 0 Å². The van der Waals surface area contributed by atoms with Crippen molar-refractivity contribution in [1.82, 2.24) is 10.2 Å². The first-order valence-electron chi connectivity index (χ1n) is 8.62. The Labute approximate surface area is 130 Å². The van der Waals surface area contributed by atoms with Crippen LogP contribution in [0.4, 0.5) is 0 Å². The Morgan fingerprint density at radius 1 is 1.19 bits per heavy atom. The molecule has 1 atom stereocenters. The Bertz CT molecular complexity index is 435. The van der Waals surface area contributed by atoms with Gasteiger partial charge in [-0.3, -0.25) is 0 Å². The van der Waals surface area contributed by atoms with Crippen LogP contribution in [0.5, 0.6) is 0 Å². The van der Waals surface area contributed by atoms with Gasteiger partial charge in [-0.25, -0.2) is 0 Å². The normalized spacial score (nSPS) is 18.1. The fourth-order valence-corrected chi connectivity index (χ4v) is 3.61. The minimum absolute atomic E-state index is 0.446. The summed E-state index contributed by atoms with van der Waals surface area (Å²) in [6, 6.07) is 8.06. The van der Waals surface area contributed by atoms with Crippen molar-refractivity contribution in [2.75, 3.05) is 20.1 Å². The number of likely N-dealkylation sites (N-methyl/N-ethyl adjacent to an activating group) is 2. The van der Waals surface area contributed by atoms with Crippen LogP contribution in [0.15, 0.2) is 18.2 Å². The zero-order valence-electron chi connectivity index (χ0n) is 14.3. The van der Waals surface area contributed by atoms with Crippen molar-refractivity contribution in [3.63, 3.8) is 0 Å². The number of hydrogen-bond donors (Lipinski definition) is 1. The third kappa shape index (κ3) is 4.55. The molecule has 0 amide bonds. The number of hydrogen-bond acceptors (Lipinski definition) is 2. The number of nitrogens with zero attached hydrogens (tertiary/aromatic N) is 1. The highest BCUT2D eigenvalue weighted by Crippen LogP contribution is 2.25. The predicted octanol–water partition coefficient (Wildman–Crippen LogP) is 4.22. The summed E-state index contributed by atoms with van der Waals surface area (Å²) >= 11 is 0. The smallest absolute Gasteiger partial charge is 0.0451 e. The van der Waals surface area contributed by atoms with E-state index in [4.69, 9.17) is 0 Å². The Kier molecular flexibility index (Phi) is 6.25. The Hall–Kier alpha value is -0.860. The second-order valence-electron chi connectivity index (χ2n) is 6.70. The van der Waals surface area contributed by atoms with Gasteiger partial charge >= 0.3 is 0 Å². The zero-order valence-corrected chi connectivity index (χ0v) is 14.3. The first kappa shape index (κ1) is 16.5. The molecule has 1 aromatic rings. The summed E-state index contributed by atoms with van der Waals surface area (Å²) in [5.41, 5.74) is 4.24. The van der Waals surface area contributed by atoms with Crippen molar-refractivity contribution in [2.45, 2.75) is 65.0 Å². The molecule has 1 fully saturated rings. The van der Waals surface area contributed by atoms with Crippen molar-refractivity contribution in [2.24, 2.45) is 0 Å². The highest BCUT2D eigenvalue weighted by Gasteiger charge is 2.22. The maximum absolute atomic E-state index is 3.70. The standard InChI is InChI=1S/C19H32N2/c1-5-20-19(18-13-15(2)11-12-16(18)3)14-21(4)17-9-7-6-8-10-17/h11-13,17,19-20H,5-10,14H2,1-4H3. The highest BCUT2D eigenvalue weighted by atomic mass is 15.2. The fraction of sp³-hybridized carbons (Fsp3) is 0.684. The van der Waals surface area contributed by atoms with Gasteiger partial charge in [0.05, 0.1) is 0 Å². The van der Waals surface area contributed by atoms with Crippen LogP contribution in [0, 0.1) is 13.8 Å². The summed E-state index contributed by atoms with van der Waals surface area (Å²) in [5.74, 6) is 0. The molecule has 0 heterocycles. The lowest BCUT2D eigenvalue weighted by atomic mass is 9.93. The largest absolute Gasteiger partial charge is 0.309 e. The third-order valence-electron chi connectivity index (χ3n) is 4.93. The molecule has 2 nitrogen and oxygen atoms in total. The molecule has 1 aliphatic carbocycles. The highest BCUT2D eigenvalue weighted by molar-refractivity contribution is 5.33. The number of aryl methyl sites for hydroxylation is 2. The van der Waals surface area contributed by atoms with E-state index < -0.39 is 0 Å². The lowest BCUT2D eigenvalue weighted by Crippen LogP contribution is -2.40. The van der Waals surface area contributed by atoms with Crippen molar-refractivity contribution in [3.05, 3.63) is 34.9 Å². The average Bonchev–Trinajstić information content (AvgIpc) is 2.50. The first-order valence-corrected chi connectivity index (χ1v) is 8.62. The summed E-state index contributed by atoms with van der Waals surface area (Å²) in [6.07, 6.45) is 7.00. The zero-order chi connectivity index (χ0) is 15.2. The quantitative estimate of drug-likeness (QED) is 0.843. The molecule has 0 radical (unpaired) electrons. The van der Waals surface area contributed by atoms with Crippen LogP contribution >= 0.6 is 0 Å². The van der Waals surface area contributed by atoms with Crippen LogP contribution in [0.1, 0.15) is 61.8 Å². The van der Waals surface area contributed by atoms with Gasteiger partial charge < -0.3 is 10.2 Å². The molecule has 2 rings (SSSR count). The Morgan fingerprint density at radius 3 is 2.57 bits per heavy atom. The molecule has 2 heteroatoms. The predicted molar refractivity (Wildman–Crippen MR) is 91.8 cm³/mol. The first-order chi connectivity index (χ1) is 10.1. The topological polar surface area (TPSA) is 15.3 Å². The van der Waals surface area contributed by atoms with Gasteiger partial charge in [0.2, 0.25) is 0 Å². The molecule has 1 unspecified atom stereocenters. The van der Waals surface area contributed by atoms with Crippen LogP contribution < -0.4 is 5.32 Å². The molecule has 0 aromatic heterocycles. The second kappa shape index (κ2) is 7.95. The van der Waals surface area contributed by atoms with E-state index in [2.05, 4.69) is 56.2 Å². The van der Waals surface area contributed by atoms with Crippen LogP contribution in [0.2, 0.25) is 0 Å². The van der Waals surface area contributed by atoms with E-state index in [9.17, 15) is 0 Å². The van der Waals surface area contributed by atoms with Crippen molar-refractivity contribution < 1.29 is 0 Å². The fourth-order valence-electron chi connectivity index (χ4n) is 3.61. The van der Waals surface area contributed by atoms with E-state index in [-0.39, 0.29) is 0 Å². The summed E-state index contributed by atoms with van der Waals surface area (Å²) < 4.78 is 0. The van der Waals surface area contributed by atoms with Gasteiger partial charge in [-0.15, -0.1) is 0 Å². The average molecular weight is 288 g/mol. The van der Waals surface area contributed by atoms with Gasteiger partial charge in [-0.1, -0.05) is 49.9 Å². The number of benzene rings is 1. The second-order valence-corrected chi connectivity index (χ2v) is 6.70. The molecule has 21 heavy (non-hydrogen) atoms. The van der Waals surface area contributed by atoms with Gasteiger partial charge in [0.1, 0.15) is 0 Å². The van der Waals surface area contributed by atoms with Crippen LogP contribution in [-0.4, -0.2) is 31.1 Å². The molecule has 0 spiro atoms. The van der Waals surface area contributed by atoms with Crippen LogP contribution in [0.3, 0.4) is 0 Å². The summed E-state index contributed by atoms with van der Waals surface area (Å²) in [6.45, 7) is 8.77. The number of nitrogens with one attached hydrogen (secondary N) is 1. The lowest BCUT2D eigenvalue weighted by Gasteiger charge is -2.34. The molecule has 0 saturated heterocycles. The van der Waals surface area contributed by atoms with Gasteiger partial charge in [-0.2, -0.15) is 0 Å². The molecular formula is C19H32N2. The van der Waals surface area contributed by atoms with E-state index in [1.165, 1.54) is 48.8 Å². The summed E-state index contributed by atoms with van der Waals surface area (Å²) in [5, 5.41) is 3.70. The minimum Gasteiger partial charge on any atom is -0.309 e. The third-order valence-corrected chi connectivity index (χ3v) is 4.93. The molecule has 118 valence electrons. The molecule has 1 aromatic carbocycles. The van der Waals surface area contributed by atoms with E-state index in [0.29, 0.717) is 6.04 Å². The summed E-state index contributed by atoms with van der Waals surface area (Å²) in [4.78, 5) is 2.59. The van der Waals surface area contributed by atoms with Gasteiger partial charge in [0, 0.05) is 18.6 Å². The Balaban J connectivity index is 2.09. The van der Waals surface area contributed by atoms with Crippen molar-refractivity contribution >= 4 is 0 Å². The van der Waals surface area contributed by atoms with E-state index >= 15 is 0 Å². The molecule has 1 N–H and O–H groups in total. The SMILES string of the molecule is CCNC(CN(C)C1CCCCC1)c1cc(C)ccc1C. The van der Waals surface area contributed by atoms with Crippen LogP contribution in [0.25, 0.3) is 0 Å². The monoisotopic (exact) mass is 288 g/mol. The maximum Gasteiger partial charge on any atom is 0.0451 e. The molecule has 0 bridgehead atoms. The van der Waals surface area contributed by atoms with Crippen LogP contribution in [-0.2, 0) is 0 Å². The molecule has 0 aliphatic heterocycles. The molecule has 1 saturated carbocycles. The van der Waals surface area contributed by atoms with E-state index in [1.807, 2.05) is 0 Å². The summed E-state index contributed by atoms with van der Waals surface area (Å²) in [7, 11) is 2.31. The lowest BCUT2D eigenvalue weighted by molar-refractivity contribution is 0.174. The number of rotatable bonds is 6. The van der Waals surface area contributed by atoms with Crippen molar-refractivity contribution in [1.29, 1.82) is 0 Å². The minimum atomic E-state index is 0.446. The van der Waals surface area contributed by atoms with Gasteiger partial charge in [-0.05, 0) is 51.4 Å². The maximum atomic E-state index is 3.70. The van der Waals surface area contributed by atoms with E-state index in [1.54, 1.807) is 0 Å². The van der Waals surface area contributed by atoms with E-state index in [0.717, 1.165) is 19.1 Å². The van der Waals surface area contributed by atoms with Crippen molar-refractivity contribution in [3.8, 4) is 0 Å². The Morgan fingerprint density at radius 2 is 1.90 bits per heavy atom. The molecular weight excluding hydrogens is 256 g/mol. The molecule has 1 aliphatic rings. The van der Waals surface area contributed by atoms with Gasteiger partial charge in [0.15, 0.2) is 0 Å².